The number of aromatic hydroxyl groups is 1. The van der Waals surface area contributed by atoms with E-state index in [0.717, 1.165) is 20.8 Å². The Hall–Kier alpha value is -10.1. The summed E-state index contributed by atoms with van der Waals surface area (Å²) in [6.45, 7) is 5.14. The van der Waals surface area contributed by atoms with Crippen molar-refractivity contribution < 1.29 is 103 Å². The molecule has 0 bridgehead atoms. The number of nitrogens with zero attached hydrogens (tertiary/aromatic N) is 1. The smallest absolute Gasteiger partial charge is 0.328 e. The Morgan fingerprint density at radius 2 is 0.889 bits per heavy atom. The summed E-state index contributed by atoms with van der Waals surface area (Å²) in [6.07, 6.45) is -4.93. The Kier molecular flexibility index (Phi) is 29.3. The molecular weight excluding hydrogens is 1190 g/mol. The van der Waals surface area contributed by atoms with Crippen LogP contribution in [0.4, 0.5) is 0 Å². The number of carboxylic acid groups (broad SMARTS) is 3. The van der Waals surface area contributed by atoms with Gasteiger partial charge in [0.05, 0.1) is 50.4 Å². The molecule has 0 aliphatic heterocycles. The number of aromatic nitrogens is 2. The van der Waals surface area contributed by atoms with E-state index in [1.165, 1.54) is 50.6 Å². The maximum absolute atomic E-state index is 14.3. The van der Waals surface area contributed by atoms with Crippen LogP contribution < -0.4 is 64.6 Å². The predicted molar refractivity (Wildman–Crippen MR) is 308 cm³/mol. The Morgan fingerprint density at radius 1 is 0.478 bits per heavy atom. The third kappa shape index (κ3) is 24.6. The second kappa shape index (κ2) is 35.6. The van der Waals surface area contributed by atoms with E-state index in [4.69, 9.17) is 11.5 Å². The van der Waals surface area contributed by atoms with E-state index in [-0.39, 0.29) is 24.2 Å². The zero-order valence-electron chi connectivity index (χ0n) is 49.3. The molecule has 2 aromatic carbocycles. The fourth-order valence-corrected chi connectivity index (χ4v) is 8.35. The average molecular weight is 1270 g/mol. The molecule has 13 atom stereocenters. The van der Waals surface area contributed by atoms with Crippen LogP contribution >= 0.6 is 0 Å². The molecule has 492 valence electrons. The van der Waals surface area contributed by atoms with E-state index < -0.39 is 200 Å². The van der Waals surface area contributed by atoms with Crippen LogP contribution in [0.3, 0.4) is 0 Å². The molecule has 0 aliphatic rings. The summed E-state index contributed by atoms with van der Waals surface area (Å²) in [5.74, 6) is -19.3. The van der Waals surface area contributed by atoms with Gasteiger partial charge in [-0.2, -0.15) is 0 Å². The lowest BCUT2D eigenvalue weighted by molar-refractivity contribution is -0.145. The fourth-order valence-electron chi connectivity index (χ4n) is 8.35. The summed E-state index contributed by atoms with van der Waals surface area (Å²) in [7, 11) is 0. The number of phenolic OH excluding ortho intramolecular Hbond substituents is 1. The lowest BCUT2D eigenvalue weighted by Gasteiger charge is -2.29. The molecule has 0 fully saturated rings. The van der Waals surface area contributed by atoms with Crippen LogP contribution in [0, 0.1) is 5.92 Å². The first-order valence-corrected chi connectivity index (χ1v) is 27.7. The normalized spacial score (nSPS) is 15.4. The minimum atomic E-state index is -2.18. The molecule has 1 aromatic heterocycles. The van der Waals surface area contributed by atoms with Crippen molar-refractivity contribution in [2.45, 2.75) is 152 Å². The van der Waals surface area contributed by atoms with E-state index in [9.17, 15) is 103 Å². The number of benzene rings is 2. The molecule has 0 spiro atoms. The molecule has 0 radical (unpaired) electrons. The predicted octanol–water partition coefficient (Wildman–Crippen LogP) is -7.34. The first-order chi connectivity index (χ1) is 42.2. The Bertz CT molecular complexity index is 3020. The highest BCUT2D eigenvalue weighted by molar-refractivity contribution is 6.01. The van der Waals surface area contributed by atoms with Crippen molar-refractivity contribution in [3.8, 4) is 5.75 Å². The minimum absolute atomic E-state index is 0.0520. The first kappa shape index (κ1) is 74.1. The molecular formula is C55H76N14O21. The van der Waals surface area contributed by atoms with Crippen LogP contribution in [0.2, 0.25) is 0 Å². The molecule has 0 aliphatic carbocycles. The van der Waals surface area contributed by atoms with Gasteiger partial charge in [-0.15, -0.1) is 0 Å². The van der Waals surface area contributed by atoms with E-state index in [1.54, 1.807) is 30.3 Å². The number of carbonyl (C=O) groups is 14. The van der Waals surface area contributed by atoms with Gasteiger partial charge in [0.2, 0.25) is 65.0 Å². The molecule has 35 nitrogen and oxygen atoms in total. The number of nitrogens with two attached hydrogens (primary N) is 2. The van der Waals surface area contributed by atoms with Crippen molar-refractivity contribution in [1.29, 1.82) is 0 Å². The van der Waals surface area contributed by atoms with Gasteiger partial charge in [0, 0.05) is 31.2 Å². The number of phenols is 1. The number of aliphatic hydroxyl groups is 3. The van der Waals surface area contributed by atoms with Gasteiger partial charge in [-0.05, 0) is 49.9 Å². The summed E-state index contributed by atoms with van der Waals surface area (Å²) >= 11 is 0. The summed E-state index contributed by atoms with van der Waals surface area (Å²) in [5.41, 5.74) is 12.4. The largest absolute Gasteiger partial charge is 0.508 e. The molecule has 0 saturated heterocycles. The van der Waals surface area contributed by atoms with Gasteiger partial charge in [-0.1, -0.05) is 56.3 Å². The second-order valence-corrected chi connectivity index (χ2v) is 21.1. The van der Waals surface area contributed by atoms with Gasteiger partial charge in [-0.3, -0.25) is 62.3 Å². The van der Waals surface area contributed by atoms with Gasteiger partial charge in [0.25, 0.3) is 0 Å². The van der Waals surface area contributed by atoms with Crippen LogP contribution in [-0.2, 0) is 86.4 Å². The molecule has 11 amide bonds. The Labute approximate surface area is 513 Å². The number of amides is 11. The number of H-pyrrole nitrogens is 1. The average Bonchev–Trinajstić information content (AvgIpc) is 2.48. The van der Waals surface area contributed by atoms with Crippen LogP contribution in [0.25, 0.3) is 0 Å². The number of nitrogens with one attached hydrogen (secondary N) is 11. The number of aromatic amines is 1. The number of aliphatic hydroxyl groups excluding tert-OH is 3. The summed E-state index contributed by atoms with van der Waals surface area (Å²) < 4.78 is 0. The Balaban J connectivity index is 1.84. The molecule has 0 saturated carbocycles. The molecule has 22 N–H and O–H groups in total. The molecule has 1 heterocycles. The SMILES string of the molecule is CC(C)[C@H](NC(=O)[C@H](C)NC(=O)[C@H](CC(=O)O)NC(=O)[C@H](CO)NC(=O)[C@@H](N)Cc1cnc[nH]1)C(=O)N[C@@H](Cc1ccccc1)C(=O)N[C@H](C(=O)N[C@@H](CC(=O)O)C(=O)N[C@@H](CC(N)=O)C(=O)N[C@@H](Cc1ccc(O)cc1)C(=O)N[C@H](C(=O)O)[C@@H](C)O)[C@@H](C)O. The quantitative estimate of drug-likeness (QED) is 0.0255. The van der Waals surface area contributed by atoms with Gasteiger partial charge < -0.3 is 105 Å². The summed E-state index contributed by atoms with van der Waals surface area (Å²) in [4.78, 5) is 191. The maximum atomic E-state index is 14.3. The number of hydrogen-bond donors (Lipinski definition) is 20. The van der Waals surface area contributed by atoms with E-state index in [0.29, 0.717) is 11.3 Å². The van der Waals surface area contributed by atoms with Gasteiger partial charge in [-0.25, -0.2) is 9.78 Å². The standard InChI is InChI=1S/C55H76N14O21/c1-24(2)42(67-45(79)25(3)60-47(81)36(19-40(75)76)63-52(86)38(22-70)66-46(80)32(56)17-30-21-58-23-59-30)53(87)64-34(15-28-9-7-6-8-10-28)50(84)68-43(26(4)71)54(88)65-37(20-41(77)78)49(83)62-35(18-39(57)74)48(82)61-33(16-29-11-13-31(73)14-12-29)51(85)69-44(27(5)72)55(89)90/h6-14,21,23-27,32-38,42-44,70-73H,15-20,22,56H2,1-5H3,(H2,57,74)(H,58,59)(H,60,81)(H,61,82)(H,62,83)(H,63,86)(H,64,87)(H,65,88)(H,66,80)(H,67,79)(H,68,84)(H,69,85)(H,75,76)(H,77,78)(H,89,90)/t25-,26+,27+,32-,33-,34-,35-,36-,37-,38-,42-,43-,44-/m0/s1. The number of carbonyl (C=O) groups excluding carboxylic acids is 11. The van der Waals surface area contributed by atoms with Crippen molar-refractivity contribution in [3.05, 3.63) is 83.9 Å². The van der Waals surface area contributed by atoms with Crippen molar-refractivity contribution >= 4 is 82.9 Å². The van der Waals surface area contributed by atoms with Gasteiger partial charge in [0.15, 0.2) is 6.04 Å². The highest BCUT2D eigenvalue weighted by Gasteiger charge is 2.39. The highest BCUT2D eigenvalue weighted by Crippen LogP contribution is 2.14. The number of rotatable bonds is 37. The topological polar surface area (TPSA) is 582 Å². The number of hydrogen-bond acceptors (Lipinski definition) is 20. The molecule has 0 unspecified atom stereocenters. The zero-order valence-corrected chi connectivity index (χ0v) is 49.3. The van der Waals surface area contributed by atoms with E-state index in [1.807, 2.05) is 0 Å². The Morgan fingerprint density at radius 3 is 1.34 bits per heavy atom. The van der Waals surface area contributed by atoms with Crippen LogP contribution in [0.5, 0.6) is 5.75 Å². The van der Waals surface area contributed by atoms with E-state index in [2.05, 4.69) is 63.1 Å². The lowest BCUT2D eigenvalue weighted by Crippen LogP contribution is -2.63. The van der Waals surface area contributed by atoms with Crippen molar-refractivity contribution in [2.75, 3.05) is 6.61 Å². The van der Waals surface area contributed by atoms with Crippen molar-refractivity contribution in [1.82, 2.24) is 63.1 Å². The van der Waals surface area contributed by atoms with Crippen LogP contribution in [0.15, 0.2) is 67.1 Å². The van der Waals surface area contributed by atoms with Crippen molar-refractivity contribution in [2.24, 2.45) is 17.4 Å². The lowest BCUT2D eigenvalue weighted by atomic mass is 10.00. The monoisotopic (exact) mass is 1270 g/mol. The van der Waals surface area contributed by atoms with Gasteiger partial charge >= 0.3 is 17.9 Å². The minimum Gasteiger partial charge on any atom is -0.508 e. The first-order valence-electron chi connectivity index (χ1n) is 27.7. The van der Waals surface area contributed by atoms with E-state index >= 15 is 0 Å². The number of primary amides is 1. The molecule has 3 rings (SSSR count). The number of aliphatic carboxylic acids is 3. The molecule has 3 aromatic rings. The third-order valence-electron chi connectivity index (χ3n) is 13.2. The molecule has 90 heavy (non-hydrogen) atoms. The van der Waals surface area contributed by atoms with Crippen LogP contribution in [-0.4, -0.2) is 214 Å². The zero-order chi connectivity index (χ0) is 67.7. The summed E-state index contributed by atoms with van der Waals surface area (Å²) in [5, 5.41) is 91.7. The van der Waals surface area contributed by atoms with Crippen LogP contribution in [0.1, 0.15) is 70.7 Å². The molecule has 35 heteroatoms. The summed E-state index contributed by atoms with van der Waals surface area (Å²) in [6, 6.07) is -6.57. The fraction of sp³-hybridized carbons (Fsp3) is 0.473. The second-order valence-electron chi connectivity index (χ2n) is 21.1. The number of carboxylic acids is 3. The maximum Gasteiger partial charge on any atom is 0.328 e. The van der Waals surface area contributed by atoms with Gasteiger partial charge in [0.1, 0.15) is 60.1 Å². The third-order valence-corrected chi connectivity index (χ3v) is 13.2. The van der Waals surface area contributed by atoms with Crippen molar-refractivity contribution in [3.63, 3.8) is 0 Å². The number of imidazole rings is 1. The highest BCUT2D eigenvalue weighted by atomic mass is 16.4.